The number of amides is 2. The SMILES string of the molecule is O=C(NC1CCCCC1)C1CCCN(CC(=O)N(Cc2cccs2)c2ccc3c(c2)OCCO3)C1. The maximum Gasteiger partial charge on any atom is 0.241 e. The number of carbonyl (C=O) groups is 2. The predicted octanol–water partition coefficient (Wildman–Crippen LogP) is 4.21. The predicted molar refractivity (Wildman–Crippen MR) is 137 cm³/mol. The monoisotopic (exact) mass is 497 g/mol. The van der Waals surface area contributed by atoms with Crippen molar-refractivity contribution in [1.29, 1.82) is 0 Å². The second kappa shape index (κ2) is 11.4. The van der Waals surface area contributed by atoms with Crippen LogP contribution in [-0.2, 0) is 16.1 Å². The average Bonchev–Trinajstić information content (AvgIpc) is 3.41. The number of rotatable bonds is 7. The number of hydrogen-bond donors (Lipinski definition) is 1. The normalized spacial score (nSPS) is 20.9. The van der Waals surface area contributed by atoms with Crippen molar-refractivity contribution in [2.24, 2.45) is 5.92 Å². The van der Waals surface area contributed by atoms with E-state index in [1.807, 2.05) is 34.5 Å². The van der Waals surface area contributed by atoms with E-state index in [1.54, 1.807) is 11.3 Å². The van der Waals surface area contributed by atoms with Gasteiger partial charge < -0.3 is 19.7 Å². The summed E-state index contributed by atoms with van der Waals surface area (Å²) < 4.78 is 11.4. The lowest BCUT2D eigenvalue weighted by Crippen LogP contribution is -2.49. The van der Waals surface area contributed by atoms with E-state index in [-0.39, 0.29) is 17.7 Å². The highest BCUT2D eigenvalue weighted by atomic mass is 32.1. The van der Waals surface area contributed by atoms with E-state index in [4.69, 9.17) is 9.47 Å². The minimum atomic E-state index is -0.0430. The zero-order valence-corrected chi connectivity index (χ0v) is 21.1. The molecule has 1 aliphatic carbocycles. The molecule has 0 bridgehead atoms. The fraction of sp³-hybridized carbons (Fsp3) is 0.556. The first kappa shape index (κ1) is 24.1. The molecule has 188 valence electrons. The third kappa shape index (κ3) is 6.16. The van der Waals surface area contributed by atoms with Crippen LogP contribution in [0.5, 0.6) is 11.5 Å². The first-order chi connectivity index (χ1) is 17.2. The molecule has 2 aliphatic heterocycles. The van der Waals surface area contributed by atoms with Crippen LogP contribution >= 0.6 is 11.3 Å². The Balaban J connectivity index is 1.25. The molecule has 1 N–H and O–H groups in total. The van der Waals surface area contributed by atoms with Crippen LogP contribution in [0.2, 0.25) is 0 Å². The zero-order valence-electron chi connectivity index (χ0n) is 20.2. The molecule has 35 heavy (non-hydrogen) atoms. The van der Waals surface area contributed by atoms with Crippen LogP contribution in [0.15, 0.2) is 35.7 Å². The molecule has 1 saturated heterocycles. The van der Waals surface area contributed by atoms with Gasteiger partial charge in [-0.3, -0.25) is 14.5 Å². The first-order valence-electron chi connectivity index (χ1n) is 12.9. The van der Waals surface area contributed by atoms with E-state index < -0.39 is 0 Å². The van der Waals surface area contributed by atoms with Crippen molar-refractivity contribution < 1.29 is 19.1 Å². The van der Waals surface area contributed by atoms with Crippen molar-refractivity contribution >= 4 is 28.8 Å². The molecule has 1 aromatic carbocycles. The number of hydrogen-bond acceptors (Lipinski definition) is 6. The summed E-state index contributed by atoms with van der Waals surface area (Å²) in [5, 5.41) is 5.31. The van der Waals surface area contributed by atoms with E-state index in [9.17, 15) is 9.59 Å². The summed E-state index contributed by atoms with van der Waals surface area (Å²) in [5.74, 6) is 1.54. The lowest BCUT2D eigenvalue weighted by atomic mass is 9.93. The van der Waals surface area contributed by atoms with Crippen LogP contribution in [-0.4, -0.2) is 55.6 Å². The lowest BCUT2D eigenvalue weighted by molar-refractivity contribution is -0.129. The molecule has 0 spiro atoms. The number of fused-ring (bicyclic) bond motifs is 1. The molecular weight excluding hydrogens is 462 g/mol. The second-order valence-electron chi connectivity index (χ2n) is 9.80. The Morgan fingerprint density at radius 2 is 1.86 bits per heavy atom. The van der Waals surface area contributed by atoms with E-state index in [0.29, 0.717) is 50.4 Å². The van der Waals surface area contributed by atoms with Crippen molar-refractivity contribution in [3.05, 3.63) is 40.6 Å². The lowest BCUT2D eigenvalue weighted by Gasteiger charge is -2.34. The number of piperidine rings is 1. The first-order valence-corrected chi connectivity index (χ1v) is 13.8. The highest BCUT2D eigenvalue weighted by Gasteiger charge is 2.30. The van der Waals surface area contributed by atoms with Gasteiger partial charge in [-0.1, -0.05) is 25.3 Å². The zero-order chi connectivity index (χ0) is 24.0. The summed E-state index contributed by atoms with van der Waals surface area (Å²) >= 11 is 1.64. The van der Waals surface area contributed by atoms with Crippen molar-refractivity contribution in [2.75, 3.05) is 37.7 Å². The molecular formula is C27H35N3O4S. The molecule has 3 heterocycles. The summed E-state index contributed by atoms with van der Waals surface area (Å²) in [4.78, 5) is 31.7. The number of likely N-dealkylation sites (tertiary alicyclic amines) is 1. The highest BCUT2D eigenvalue weighted by Crippen LogP contribution is 2.35. The Bertz CT molecular complexity index is 1010. The summed E-state index contributed by atoms with van der Waals surface area (Å²) in [6.45, 7) is 3.33. The molecule has 8 heteroatoms. The van der Waals surface area contributed by atoms with Gasteiger partial charge in [-0.25, -0.2) is 0 Å². The Kier molecular flexibility index (Phi) is 7.88. The van der Waals surface area contributed by atoms with Gasteiger partial charge in [0.2, 0.25) is 11.8 Å². The minimum Gasteiger partial charge on any atom is -0.486 e. The van der Waals surface area contributed by atoms with Crippen LogP contribution in [0.4, 0.5) is 5.69 Å². The number of anilines is 1. The number of thiophene rings is 1. The van der Waals surface area contributed by atoms with Gasteiger partial charge in [0.1, 0.15) is 13.2 Å². The van der Waals surface area contributed by atoms with Crippen LogP contribution in [0.1, 0.15) is 49.8 Å². The van der Waals surface area contributed by atoms with Crippen LogP contribution in [0.3, 0.4) is 0 Å². The number of carbonyl (C=O) groups excluding carboxylic acids is 2. The van der Waals surface area contributed by atoms with Crippen molar-refractivity contribution in [3.63, 3.8) is 0 Å². The van der Waals surface area contributed by atoms with Gasteiger partial charge in [-0.2, -0.15) is 0 Å². The van der Waals surface area contributed by atoms with Gasteiger partial charge in [-0.15, -0.1) is 11.3 Å². The molecule has 1 unspecified atom stereocenters. The minimum absolute atomic E-state index is 0.0309. The second-order valence-corrected chi connectivity index (χ2v) is 10.8. The molecule has 7 nitrogen and oxygen atoms in total. The fourth-order valence-electron chi connectivity index (χ4n) is 5.34. The van der Waals surface area contributed by atoms with Gasteiger partial charge in [0.25, 0.3) is 0 Å². The summed E-state index contributed by atoms with van der Waals surface area (Å²) in [7, 11) is 0. The van der Waals surface area contributed by atoms with E-state index in [2.05, 4.69) is 16.3 Å². The smallest absolute Gasteiger partial charge is 0.241 e. The summed E-state index contributed by atoms with van der Waals surface area (Å²) in [5.41, 5.74) is 0.802. The van der Waals surface area contributed by atoms with Crippen LogP contribution < -0.4 is 19.7 Å². The third-order valence-corrected chi connectivity index (χ3v) is 8.08. The molecule has 1 saturated carbocycles. The summed E-state index contributed by atoms with van der Waals surface area (Å²) in [6, 6.07) is 10.1. The van der Waals surface area contributed by atoms with Crippen molar-refractivity contribution in [2.45, 2.75) is 57.5 Å². The van der Waals surface area contributed by atoms with Gasteiger partial charge in [0.15, 0.2) is 11.5 Å². The average molecular weight is 498 g/mol. The molecule has 5 rings (SSSR count). The van der Waals surface area contributed by atoms with E-state index in [0.717, 1.165) is 42.8 Å². The van der Waals surface area contributed by atoms with Gasteiger partial charge in [0, 0.05) is 29.2 Å². The number of ether oxygens (including phenoxy) is 2. The van der Waals surface area contributed by atoms with Crippen LogP contribution in [0.25, 0.3) is 0 Å². The quantitative estimate of drug-likeness (QED) is 0.621. The van der Waals surface area contributed by atoms with Gasteiger partial charge in [0.05, 0.1) is 19.0 Å². The van der Waals surface area contributed by atoms with Gasteiger partial charge >= 0.3 is 0 Å². The van der Waals surface area contributed by atoms with E-state index in [1.165, 1.54) is 19.3 Å². The topological polar surface area (TPSA) is 71.1 Å². The Morgan fingerprint density at radius 1 is 1.03 bits per heavy atom. The molecule has 1 atom stereocenters. The highest BCUT2D eigenvalue weighted by molar-refractivity contribution is 7.09. The van der Waals surface area contributed by atoms with E-state index >= 15 is 0 Å². The Labute approximate surface area is 211 Å². The third-order valence-electron chi connectivity index (χ3n) is 7.22. The fourth-order valence-corrected chi connectivity index (χ4v) is 6.03. The maximum atomic E-state index is 13.6. The van der Waals surface area contributed by atoms with Crippen LogP contribution in [0, 0.1) is 5.92 Å². The molecule has 2 fully saturated rings. The Morgan fingerprint density at radius 3 is 2.66 bits per heavy atom. The molecule has 3 aliphatic rings. The Hall–Kier alpha value is -2.58. The molecule has 2 amide bonds. The van der Waals surface area contributed by atoms with Crippen molar-refractivity contribution in [3.8, 4) is 11.5 Å². The number of nitrogens with one attached hydrogen (secondary N) is 1. The van der Waals surface area contributed by atoms with Crippen molar-refractivity contribution in [1.82, 2.24) is 10.2 Å². The summed E-state index contributed by atoms with van der Waals surface area (Å²) in [6.07, 6.45) is 7.69. The molecule has 1 aromatic heterocycles. The largest absolute Gasteiger partial charge is 0.486 e. The molecule has 2 aromatic rings. The van der Waals surface area contributed by atoms with Gasteiger partial charge in [-0.05, 0) is 55.8 Å². The standard InChI is InChI=1S/C27H35N3O4S/c31-26(19-29-12-4-6-20(17-29)27(32)28-21-7-2-1-3-8-21)30(18-23-9-5-15-35-23)22-10-11-24-25(16-22)34-14-13-33-24/h5,9-11,15-16,20-21H,1-4,6-8,12-14,17-19H2,(H,28,32). The molecule has 0 radical (unpaired) electrons. The maximum absolute atomic E-state index is 13.6. The number of benzene rings is 1. The number of nitrogens with zero attached hydrogens (tertiary/aromatic N) is 2.